The maximum absolute atomic E-state index is 10.4. The summed E-state index contributed by atoms with van der Waals surface area (Å²) in [5, 5.41) is 0.266. The van der Waals surface area contributed by atoms with Crippen molar-refractivity contribution in [2.45, 2.75) is 6.42 Å². The lowest BCUT2D eigenvalue weighted by Crippen LogP contribution is -1.97. The Labute approximate surface area is 58.8 Å². The van der Waals surface area contributed by atoms with E-state index in [0.717, 1.165) is 6.26 Å². The van der Waals surface area contributed by atoms with E-state index in [4.69, 9.17) is 11.6 Å². The predicted octanol–water partition coefficient (Wildman–Crippen LogP) is 1.82. The van der Waals surface area contributed by atoms with E-state index in [1.807, 2.05) is 0 Å². The maximum Gasteiger partial charge on any atom is 0.315 e. The molecule has 3 heteroatoms. The predicted molar refractivity (Wildman–Crippen MR) is 35.9 cm³/mol. The molecule has 50 valence electrons. The van der Waals surface area contributed by atoms with Crippen molar-refractivity contribution < 1.29 is 9.53 Å². The topological polar surface area (TPSA) is 26.3 Å². The number of hydrogen-bond acceptors (Lipinski definition) is 2. The van der Waals surface area contributed by atoms with Crippen molar-refractivity contribution in [1.29, 1.82) is 0 Å². The van der Waals surface area contributed by atoms with Crippen molar-refractivity contribution >= 4 is 17.6 Å². The molecule has 0 aromatic heterocycles. The quantitative estimate of drug-likeness (QED) is 0.449. The van der Waals surface area contributed by atoms with Crippen LogP contribution < -0.4 is 0 Å². The molecule has 9 heavy (non-hydrogen) atoms. The lowest BCUT2D eigenvalue weighted by Gasteiger charge is -1.93. The van der Waals surface area contributed by atoms with Gasteiger partial charge in [0.25, 0.3) is 0 Å². The van der Waals surface area contributed by atoms with Crippen LogP contribution in [-0.2, 0) is 9.53 Å². The Morgan fingerprint density at radius 3 is 2.67 bits per heavy atom. The van der Waals surface area contributed by atoms with E-state index in [0.29, 0.717) is 0 Å². The minimum absolute atomic E-state index is 0.0353. The highest BCUT2D eigenvalue weighted by atomic mass is 35.5. The molecule has 0 fully saturated rings. The number of ether oxygens (including phenoxy) is 1. The molecule has 0 amide bonds. The molecule has 0 saturated carbocycles. The Balaban J connectivity index is 3.50. The number of esters is 1. The monoisotopic (exact) mass is 146 g/mol. The fourth-order valence-electron chi connectivity index (χ4n) is 0.291. The van der Waals surface area contributed by atoms with Gasteiger partial charge in [-0.2, -0.15) is 0 Å². The number of halogens is 1. The molecule has 2 nitrogen and oxygen atoms in total. The Morgan fingerprint density at radius 1 is 1.78 bits per heavy atom. The number of rotatable bonds is 3. The summed E-state index contributed by atoms with van der Waals surface area (Å²) in [4.78, 5) is 10.4. The minimum Gasteiger partial charge on any atom is -0.435 e. The molecule has 0 atom stereocenters. The number of carbonyl (C=O) groups excluding carboxylic acids is 1. The summed E-state index contributed by atoms with van der Waals surface area (Å²) in [6, 6.07) is 0. The van der Waals surface area contributed by atoms with Gasteiger partial charge in [-0.3, -0.25) is 4.79 Å². The molecule has 0 spiro atoms. The van der Waals surface area contributed by atoms with Gasteiger partial charge in [0.2, 0.25) is 0 Å². The first-order chi connectivity index (χ1) is 4.16. The Kier molecular flexibility index (Phi) is 3.80. The summed E-state index contributed by atoms with van der Waals surface area (Å²) in [7, 11) is 0. The average Bonchev–Trinajstić information content (AvgIpc) is 1.63. The van der Waals surface area contributed by atoms with E-state index in [9.17, 15) is 4.79 Å². The lowest BCUT2D eigenvalue weighted by molar-refractivity contribution is -0.137. The third-order valence-corrected chi connectivity index (χ3v) is 0.685. The SMILES string of the molecule is C=COC(=O)CC(=C)Cl. The largest absolute Gasteiger partial charge is 0.435 e. The number of hydrogen-bond donors (Lipinski definition) is 0. The highest BCUT2D eigenvalue weighted by Crippen LogP contribution is 2.03. The first kappa shape index (κ1) is 8.24. The molecule has 0 radical (unpaired) electrons. The van der Waals surface area contributed by atoms with Gasteiger partial charge >= 0.3 is 5.97 Å². The van der Waals surface area contributed by atoms with Gasteiger partial charge in [-0.1, -0.05) is 24.8 Å². The Bertz CT molecular complexity index is 140. The summed E-state index contributed by atoms with van der Waals surface area (Å²) in [5.74, 6) is -0.440. The van der Waals surface area contributed by atoms with Gasteiger partial charge in [0.05, 0.1) is 12.7 Å². The molecular formula is C6H7ClO2. The molecule has 0 aliphatic carbocycles. The fraction of sp³-hybridized carbons (Fsp3) is 0.167. The van der Waals surface area contributed by atoms with Crippen LogP contribution in [-0.4, -0.2) is 5.97 Å². The fourth-order valence-corrected chi connectivity index (χ4v) is 0.400. The van der Waals surface area contributed by atoms with Gasteiger partial charge in [0, 0.05) is 5.03 Å². The maximum atomic E-state index is 10.4. The molecular weight excluding hydrogens is 140 g/mol. The molecule has 0 heterocycles. The summed E-state index contributed by atoms with van der Waals surface area (Å²) >= 11 is 5.28. The molecule has 0 aromatic rings. The summed E-state index contributed by atoms with van der Waals surface area (Å²) in [6.07, 6.45) is 1.09. The van der Waals surface area contributed by atoms with Crippen LogP contribution >= 0.6 is 11.6 Å². The van der Waals surface area contributed by atoms with Crippen LogP contribution in [0.1, 0.15) is 6.42 Å². The summed E-state index contributed by atoms with van der Waals surface area (Å²) in [5.41, 5.74) is 0. The lowest BCUT2D eigenvalue weighted by atomic mass is 10.4. The van der Waals surface area contributed by atoms with Crippen LogP contribution in [0.25, 0.3) is 0 Å². The Hall–Kier alpha value is -0.760. The molecule has 0 N–H and O–H groups in total. The Morgan fingerprint density at radius 2 is 2.33 bits per heavy atom. The molecule has 0 aromatic carbocycles. The minimum atomic E-state index is -0.440. The second-order valence-electron chi connectivity index (χ2n) is 1.35. The van der Waals surface area contributed by atoms with E-state index in [1.54, 1.807) is 0 Å². The van der Waals surface area contributed by atoms with Gasteiger partial charge in [0.15, 0.2) is 0 Å². The highest BCUT2D eigenvalue weighted by Gasteiger charge is 1.99. The normalized spacial score (nSPS) is 8.11. The van der Waals surface area contributed by atoms with Crippen molar-refractivity contribution in [3.05, 3.63) is 24.5 Å². The molecule has 0 aliphatic rings. The van der Waals surface area contributed by atoms with Crippen LogP contribution in [0, 0.1) is 0 Å². The molecule has 0 rings (SSSR count). The summed E-state index contributed by atoms with van der Waals surface area (Å²) < 4.78 is 4.33. The average molecular weight is 147 g/mol. The van der Waals surface area contributed by atoms with Crippen molar-refractivity contribution in [3.8, 4) is 0 Å². The third kappa shape index (κ3) is 5.11. The van der Waals surface area contributed by atoms with E-state index in [2.05, 4.69) is 17.9 Å². The van der Waals surface area contributed by atoms with Gasteiger partial charge in [-0.05, 0) is 0 Å². The van der Waals surface area contributed by atoms with Gasteiger partial charge in [0.1, 0.15) is 0 Å². The van der Waals surface area contributed by atoms with Gasteiger partial charge in [-0.25, -0.2) is 0 Å². The van der Waals surface area contributed by atoms with Crippen molar-refractivity contribution in [2.24, 2.45) is 0 Å². The summed E-state index contributed by atoms with van der Waals surface area (Å²) in [6.45, 7) is 6.50. The van der Waals surface area contributed by atoms with Crippen LogP contribution in [0.3, 0.4) is 0 Å². The van der Waals surface area contributed by atoms with Crippen LogP contribution in [0.5, 0.6) is 0 Å². The molecule has 0 bridgehead atoms. The van der Waals surface area contributed by atoms with Crippen LogP contribution in [0.15, 0.2) is 24.5 Å². The second kappa shape index (κ2) is 4.15. The second-order valence-corrected chi connectivity index (χ2v) is 1.89. The van der Waals surface area contributed by atoms with Crippen molar-refractivity contribution in [1.82, 2.24) is 0 Å². The van der Waals surface area contributed by atoms with E-state index < -0.39 is 5.97 Å². The van der Waals surface area contributed by atoms with E-state index >= 15 is 0 Å². The smallest absolute Gasteiger partial charge is 0.315 e. The standard InChI is InChI=1S/C6H7ClO2/c1-3-9-6(8)4-5(2)7/h3H,1-2,4H2. The van der Waals surface area contributed by atoms with Crippen molar-refractivity contribution in [3.63, 3.8) is 0 Å². The number of carbonyl (C=O) groups is 1. The zero-order valence-electron chi connectivity index (χ0n) is 4.89. The molecule has 0 saturated heterocycles. The zero-order valence-corrected chi connectivity index (χ0v) is 5.65. The van der Waals surface area contributed by atoms with Crippen LogP contribution in [0.2, 0.25) is 0 Å². The van der Waals surface area contributed by atoms with E-state index in [-0.39, 0.29) is 11.5 Å². The van der Waals surface area contributed by atoms with E-state index in [1.165, 1.54) is 0 Å². The molecule has 0 unspecified atom stereocenters. The first-order valence-corrected chi connectivity index (χ1v) is 2.68. The first-order valence-electron chi connectivity index (χ1n) is 2.30. The highest BCUT2D eigenvalue weighted by molar-refractivity contribution is 6.30. The van der Waals surface area contributed by atoms with Gasteiger partial charge < -0.3 is 4.74 Å². The molecule has 0 aliphatic heterocycles. The van der Waals surface area contributed by atoms with Crippen LogP contribution in [0.4, 0.5) is 0 Å². The zero-order chi connectivity index (χ0) is 7.28. The van der Waals surface area contributed by atoms with Gasteiger partial charge in [-0.15, -0.1) is 0 Å². The third-order valence-electron chi connectivity index (χ3n) is 0.551. The van der Waals surface area contributed by atoms with Crippen molar-refractivity contribution in [2.75, 3.05) is 0 Å².